The van der Waals surface area contributed by atoms with Gasteiger partial charge in [-0.1, -0.05) is 18.2 Å². The van der Waals surface area contributed by atoms with Crippen LogP contribution < -0.4 is 10.3 Å². The van der Waals surface area contributed by atoms with E-state index in [1.807, 2.05) is 67.6 Å². The SMILES string of the molecule is Cc1cc2c(cnc3ncnn32)c(=O)n1-c1ccc(Oc2ccccc2)cc1. The molecule has 0 amide bonds. The van der Waals surface area contributed by atoms with Crippen molar-refractivity contribution in [2.75, 3.05) is 0 Å². The number of hydrogen-bond acceptors (Lipinski definition) is 5. The van der Waals surface area contributed by atoms with E-state index in [9.17, 15) is 4.79 Å². The molecular weight excluding hydrogens is 354 g/mol. The van der Waals surface area contributed by atoms with Gasteiger partial charge in [0.2, 0.25) is 0 Å². The molecule has 0 atom stereocenters. The predicted molar refractivity (Wildman–Crippen MR) is 105 cm³/mol. The highest BCUT2D eigenvalue weighted by Crippen LogP contribution is 2.23. The lowest BCUT2D eigenvalue weighted by Crippen LogP contribution is -2.21. The molecule has 5 aromatic rings. The second kappa shape index (κ2) is 6.31. The molecule has 0 saturated heterocycles. The molecule has 3 aromatic heterocycles. The summed E-state index contributed by atoms with van der Waals surface area (Å²) in [6, 6.07) is 18.9. The summed E-state index contributed by atoms with van der Waals surface area (Å²) in [4.78, 5) is 21.4. The summed E-state index contributed by atoms with van der Waals surface area (Å²) in [5, 5.41) is 4.64. The van der Waals surface area contributed by atoms with E-state index in [1.54, 1.807) is 15.3 Å². The Kier molecular flexibility index (Phi) is 3.65. The molecule has 5 rings (SSSR count). The van der Waals surface area contributed by atoms with Crippen LogP contribution in [-0.4, -0.2) is 24.1 Å². The standard InChI is InChI=1S/C21H15N5O2/c1-14-11-19-18(12-22-21-23-13-24-26(19)21)20(27)25(14)15-7-9-17(10-8-15)28-16-5-3-2-4-6-16/h2-13H,1H3. The fourth-order valence-corrected chi connectivity index (χ4v) is 3.25. The minimum absolute atomic E-state index is 0.156. The van der Waals surface area contributed by atoms with Crippen molar-refractivity contribution in [3.63, 3.8) is 0 Å². The summed E-state index contributed by atoms with van der Waals surface area (Å²) in [5.41, 5.74) is 2.07. The molecule has 7 nitrogen and oxygen atoms in total. The van der Waals surface area contributed by atoms with Gasteiger partial charge in [-0.15, -0.1) is 0 Å². The van der Waals surface area contributed by atoms with Crippen molar-refractivity contribution in [2.45, 2.75) is 6.92 Å². The first kappa shape index (κ1) is 16.2. The van der Waals surface area contributed by atoms with Gasteiger partial charge in [0, 0.05) is 17.6 Å². The number of rotatable bonds is 3. The van der Waals surface area contributed by atoms with Crippen molar-refractivity contribution >= 4 is 16.7 Å². The van der Waals surface area contributed by atoms with Gasteiger partial charge in [-0.25, -0.2) is 4.98 Å². The first-order valence-corrected chi connectivity index (χ1v) is 8.75. The van der Waals surface area contributed by atoms with Crippen molar-refractivity contribution in [3.05, 3.63) is 89.2 Å². The largest absolute Gasteiger partial charge is 0.457 e. The third-order valence-corrected chi connectivity index (χ3v) is 4.55. The fraction of sp³-hybridized carbons (Fsp3) is 0.0476. The van der Waals surface area contributed by atoms with Crippen LogP contribution in [0.2, 0.25) is 0 Å². The van der Waals surface area contributed by atoms with E-state index < -0.39 is 0 Å². The Morgan fingerprint density at radius 3 is 2.46 bits per heavy atom. The molecule has 0 radical (unpaired) electrons. The van der Waals surface area contributed by atoms with Crippen LogP contribution in [-0.2, 0) is 0 Å². The number of aryl methyl sites for hydroxylation is 1. The normalized spacial score (nSPS) is 11.2. The van der Waals surface area contributed by atoms with Crippen LogP contribution >= 0.6 is 0 Å². The number of hydrogen-bond donors (Lipinski definition) is 0. The number of para-hydroxylation sites is 1. The Bertz CT molecular complexity index is 1360. The first-order valence-electron chi connectivity index (χ1n) is 8.75. The van der Waals surface area contributed by atoms with E-state index in [0.29, 0.717) is 22.4 Å². The van der Waals surface area contributed by atoms with Crippen LogP contribution in [0.3, 0.4) is 0 Å². The second-order valence-electron chi connectivity index (χ2n) is 6.36. The zero-order valence-corrected chi connectivity index (χ0v) is 15.0. The van der Waals surface area contributed by atoms with Crippen molar-refractivity contribution in [1.29, 1.82) is 0 Å². The molecule has 0 bridgehead atoms. The first-order chi connectivity index (χ1) is 13.7. The summed E-state index contributed by atoms with van der Waals surface area (Å²) < 4.78 is 9.05. The maximum Gasteiger partial charge on any atom is 0.266 e. The van der Waals surface area contributed by atoms with E-state index in [2.05, 4.69) is 15.1 Å². The highest BCUT2D eigenvalue weighted by Gasteiger charge is 2.12. The smallest absolute Gasteiger partial charge is 0.266 e. The Hall–Kier alpha value is -4.00. The van der Waals surface area contributed by atoms with Gasteiger partial charge in [-0.3, -0.25) is 9.36 Å². The van der Waals surface area contributed by atoms with Gasteiger partial charge in [0.05, 0.1) is 10.9 Å². The van der Waals surface area contributed by atoms with Crippen LogP contribution in [0.1, 0.15) is 5.69 Å². The van der Waals surface area contributed by atoms with E-state index in [4.69, 9.17) is 4.74 Å². The lowest BCUT2D eigenvalue weighted by Gasteiger charge is -2.13. The maximum absolute atomic E-state index is 13.1. The van der Waals surface area contributed by atoms with E-state index in [-0.39, 0.29) is 5.56 Å². The Labute approximate surface area is 159 Å². The minimum atomic E-state index is -0.156. The molecule has 0 saturated carbocycles. The summed E-state index contributed by atoms with van der Waals surface area (Å²) in [5.74, 6) is 1.93. The van der Waals surface area contributed by atoms with Crippen molar-refractivity contribution in [2.24, 2.45) is 0 Å². The highest BCUT2D eigenvalue weighted by molar-refractivity contribution is 5.79. The lowest BCUT2D eigenvalue weighted by molar-refractivity contribution is 0.482. The zero-order chi connectivity index (χ0) is 19.1. The second-order valence-corrected chi connectivity index (χ2v) is 6.36. The van der Waals surface area contributed by atoms with Crippen LogP contribution in [0.25, 0.3) is 22.4 Å². The molecule has 0 aliphatic carbocycles. The third-order valence-electron chi connectivity index (χ3n) is 4.55. The fourth-order valence-electron chi connectivity index (χ4n) is 3.25. The molecule has 2 aromatic carbocycles. The topological polar surface area (TPSA) is 74.3 Å². The minimum Gasteiger partial charge on any atom is -0.457 e. The van der Waals surface area contributed by atoms with Gasteiger partial charge in [0.15, 0.2) is 0 Å². The van der Waals surface area contributed by atoms with Crippen LogP contribution in [0, 0.1) is 6.92 Å². The van der Waals surface area contributed by atoms with Crippen LogP contribution in [0.5, 0.6) is 11.5 Å². The molecule has 0 aliphatic heterocycles. The van der Waals surface area contributed by atoms with Crippen molar-refractivity contribution in [3.8, 4) is 17.2 Å². The number of pyridine rings is 1. The molecule has 0 N–H and O–H groups in total. The van der Waals surface area contributed by atoms with Gasteiger partial charge in [-0.2, -0.15) is 14.6 Å². The highest BCUT2D eigenvalue weighted by atomic mass is 16.5. The van der Waals surface area contributed by atoms with Gasteiger partial charge >= 0.3 is 0 Å². The monoisotopic (exact) mass is 369 g/mol. The summed E-state index contributed by atoms with van der Waals surface area (Å²) in [6.07, 6.45) is 2.97. The van der Waals surface area contributed by atoms with Gasteiger partial charge in [-0.05, 0) is 49.4 Å². The average Bonchev–Trinajstić information content (AvgIpc) is 3.19. The van der Waals surface area contributed by atoms with Crippen LogP contribution in [0.15, 0.2) is 78.0 Å². The summed E-state index contributed by atoms with van der Waals surface area (Å²) in [7, 11) is 0. The molecule has 28 heavy (non-hydrogen) atoms. The quantitative estimate of drug-likeness (QED) is 0.486. The molecular formula is C21H15N5O2. The van der Waals surface area contributed by atoms with Crippen molar-refractivity contribution < 1.29 is 4.74 Å². The summed E-state index contributed by atoms with van der Waals surface area (Å²) >= 11 is 0. The van der Waals surface area contributed by atoms with E-state index in [1.165, 1.54) is 6.33 Å². The number of ether oxygens (including phenoxy) is 1. The Morgan fingerprint density at radius 1 is 0.929 bits per heavy atom. The van der Waals surface area contributed by atoms with Crippen molar-refractivity contribution in [1.82, 2.24) is 24.1 Å². The molecule has 3 heterocycles. The number of benzene rings is 2. The molecule has 0 unspecified atom stereocenters. The predicted octanol–water partition coefficient (Wildman–Crippen LogP) is 3.53. The van der Waals surface area contributed by atoms with Gasteiger partial charge < -0.3 is 4.74 Å². The van der Waals surface area contributed by atoms with Gasteiger partial charge in [0.1, 0.15) is 17.8 Å². The maximum atomic E-state index is 13.1. The van der Waals surface area contributed by atoms with Gasteiger partial charge in [0.25, 0.3) is 11.3 Å². The number of aromatic nitrogens is 5. The molecule has 0 spiro atoms. The summed E-state index contributed by atoms with van der Waals surface area (Å²) in [6.45, 7) is 1.89. The number of fused-ring (bicyclic) bond motifs is 3. The molecule has 136 valence electrons. The van der Waals surface area contributed by atoms with E-state index in [0.717, 1.165) is 17.1 Å². The lowest BCUT2D eigenvalue weighted by atomic mass is 10.2. The van der Waals surface area contributed by atoms with Crippen LogP contribution in [0.4, 0.5) is 0 Å². The Balaban J connectivity index is 1.59. The molecule has 0 aliphatic rings. The Morgan fingerprint density at radius 2 is 1.68 bits per heavy atom. The third kappa shape index (κ3) is 2.61. The average molecular weight is 369 g/mol. The molecule has 7 heteroatoms. The zero-order valence-electron chi connectivity index (χ0n) is 15.0. The molecule has 0 fully saturated rings. The van der Waals surface area contributed by atoms with E-state index >= 15 is 0 Å². The number of nitrogens with zero attached hydrogens (tertiary/aromatic N) is 5.